The number of ether oxygens (including phenoxy) is 1. The van der Waals surface area contributed by atoms with Crippen LogP contribution in [0.1, 0.15) is 26.7 Å². The average molecular weight is 233 g/mol. The number of rotatable bonds is 4. The molecule has 0 unspecified atom stereocenters. The number of aliphatic carboxylic acids is 1. The first-order valence-electron chi connectivity index (χ1n) is 5.17. The van der Waals surface area contributed by atoms with E-state index >= 15 is 0 Å². The highest BCUT2D eigenvalue weighted by molar-refractivity contribution is 8.01. The third kappa shape index (κ3) is 3.66. The van der Waals surface area contributed by atoms with Crippen LogP contribution in [0.5, 0.6) is 0 Å². The largest absolute Gasteiger partial charge is 0.480 e. The van der Waals surface area contributed by atoms with Gasteiger partial charge in [0.2, 0.25) is 0 Å². The van der Waals surface area contributed by atoms with Crippen LogP contribution in [0.15, 0.2) is 0 Å². The summed E-state index contributed by atoms with van der Waals surface area (Å²) in [5.41, 5.74) is 5.66. The Kier molecular flexibility index (Phi) is 4.43. The van der Waals surface area contributed by atoms with Crippen molar-refractivity contribution in [2.75, 3.05) is 13.2 Å². The number of carboxylic acids is 1. The molecule has 0 radical (unpaired) electrons. The van der Waals surface area contributed by atoms with Crippen LogP contribution >= 0.6 is 11.8 Å². The highest BCUT2D eigenvalue weighted by Gasteiger charge is 2.35. The van der Waals surface area contributed by atoms with Crippen LogP contribution in [0.2, 0.25) is 0 Å². The van der Waals surface area contributed by atoms with E-state index in [9.17, 15) is 4.79 Å². The second-order valence-electron chi connectivity index (χ2n) is 4.35. The maximum atomic E-state index is 10.8. The molecule has 0 aromatic heterocycles. The molecule has 5 heteroatoms. The number of carbonyl (C=O) groups is 1. The van der Waals surface area contributed by atoms with Gasteiger partial charge < -0.3 is 15.6 Å². The van der Waals surface area contributed by atoms with Crippen molar-refractivity contribution in [1.82, 2.24) is 0 Å². The average Bonchev–Trinajstić information content (AvgIpc) is 2.17. The minimum absolute atomic E-state index is 0.423. The molecule has 3 N–H and O–H groups in total. The Hall–Kier alpha value is -0.260. The smallest absolute Gasteiger partial charge is 0.321 e. The molecule has 0 saturated carbocycles. The van der Waals surface area contributed by atoms with Gasteiger partial charge in [-0.15, -0.1) is 11.8 Å². The standard InChI is InChI=1S/C10H19NO3S/c1-10(2,8(11)9(12)13)15-7-3-5-14-6-4-7/h7-8H,3-6,11H2,1-2H3,(H,12,13)/t8-/m0/s1. The first-order valence-corrected chi connectivity index (χ1v) is 6.05. The molecule has 1 heterocycles. The number of carboxylic acid groups (broad SMARTS) is 1. The van der Waals surface area contributed by atoms with E-state index in [-0.39, 0.29) is 0 Å². The quantitative estimate of drug-likeness (QED) is 0.760. The third-order valence-electron chi connectivity index (χ3n) is 2.65. The lowest BCUT2D eigenvalue weighted by atomic mass is 10.1. The summed E-state index contributed by atoms with van der Waals surface area (Å²) in [6.45, 7) is 5.34. The van der Waals surface area contributed by atoms with Gasteiger partial charge in [-0.3, -0.25) is 4.79 Å². The zero-order valence-corrected chi connectivity index (χ0v) is 10.0. The van der Waals surface area contributed by atoms with Crippen LogP contribution < -0.4 is 5.73 Å². The number of nitrogens with two attached hydrogens (primary N) is 1. The van der Waals surface area contributed by atoms with Gasteiger partial charge in [-0.25, -0.2) is 0 Å². The molecule has 0 aliphatic carbocycles. The molecule has 1 saturated heterocycles. The SMILES string of the molecule is CC(C)(SC1CCOCC1)[C@@H](N)C(=O)O. The van der Waals surface area contributed by atoms with Crippen molar-refractivity contribution in [3.63, 3.8) is 0 Å². The van der Waals surface area contributed by atoms with E-state index in [0.29, 0.717) is 5.25 Å². The Bertz CT molecular complexity index is 227. The summed E-state index contributed by atoms with van der Waals surface area (Å²) in [4.78, 5) is 10.8. The first-order chi connectivity index (χ1) is 6.93. The molecular weight excluding hydrogens is 214 g/mol. The minimum atomic E-state index is -0.931. The summed E-state index contributed by atoms with van der Waals surface area (Å²) >= 11 is 1.67. The highest BCUT2D eigenvalue weighted by atomic mass is 32.2. The Morgan fingerprint density at radius 1 is 1.53 bits per heavy atom. The lowest BCUT2D eigenvalue weighted by Crippen LogP contribution is -2.48. The lowest BCUT2D eigenvalue weighted by Gasteiger charge is -2.33. The normalized spacial score (nSPS) is 21.3. The molecule has 15 heavy (non-hydrogen) atoms. The Morgan fingerprint density at radius 2 is 2.07 bits per heavy atom. The van der Waals surface area contributed by atoms with E-state index in [0.717, 1.165) is 26.1 Å². The van der Waals surface area contributed by atoms with Gasteiger partial charge in [-0.05, 0) is 26.7 Å². The fourth-order valence-electron chi connectivity index (χ4n) is 1.59. The maximum absolute atomic E-state index is 10.8. The summed E-state index contributed by atoms with van der Waals surface area (Å²) in [7, 11) is 0. The van der Waals surface area contributed by atoms with E-state index in [4.69, 9.17) is 15.6 Å². The zero-order valence-electron chi connectivity index (χ0n) is 9.23. The molecule has 1 atom stereocenters. The molecule has 0 bridgehead atoms. The van der Waals surface area contributed by atoms with Crippen LogP contribution in [0.3, 0.4) is 0 Å². The molecule has 1 aliphatic rings. The molecule has 0 amide bonds. The van der Waals surface area contributed by atoms with E-state index in [2.05, 4.69) is 0 Å². The molecule has 1 rings (SSSR count). The van der Waals surface area contributed by atoms with Crippen molar-refractivity contribution in [2.45, 2.75) is 42.7 Å². The first kappa shape index (κ1) is 12.8. The summed E-state index contributed by atoms with van der Waals surface area (Å²) in [5.74, 6) is -0.931. The zero-order chi connectivity index (χ0) is 11.5. The lowest BCUT2D eigenvalue weighted by molar-refractivity contribution is -0.139. The monoisotopic (exact) mass is 233 g/mol. The van der Waals surface area contributed by atoms with Crippen molar-refractivity contribution in [3.8, 4) is 0 Å². The summed E-state index contributed by atoms with van der Waals surface area (Å²) in [6, 6.07) is -0.814. The molecule has 4 nitrogen and oxygen atoms in total. The second-order valence-corrected chi connectivity index (χ2v) is 6.30. The van der Waals surface area contributed by atoms with Gasteiger partial charge in [0.25, 0.3) is 0 Å². The predicted molar refractivity (Wildman–Crippen MR) is 61.1 cm³/mol. The molecule has 0 spiro atoms. The van der Waals surface area contributed by atoms with E-state index in [1.165, 1.54) is 0 Å². The Balaban J connectivity index is 2.50. The van der Waals surface area contributed by atoms with E-state index in [1.807, 2.05) is 13.8 Å². The van der Waals surface area contributed by atoms with Crippen LogP contribution in [0.4, 0.5) is 0 Å². The number of thioether (sulfide) groups is 1. The molecular formula is C10H19NO3S. The summed E-state index contributed by atoms with van der Waals surface area (Å²) < 4.78 is 4.84. The van der Waals surface area contributed by atoms with E-state index in [1.54, 1.807) is 11.8 Å². The topological polar surface area (TPSA) is 72.5 Å². The maximum Gasteiger partial charge on any atom is 0.321 e. The molecule has 0 aromatic rings. The van der Waals surface area contributed by atoms with Crippen LogP contribution in [0, 0.1) is 0 Å². The van der Waals surface area contributed by atoms with E-state index < -0.39 is 16.8 Å². The van der Waals surface area contributed by atoms with Gasteiger partial charge in [0.15, 0.2) is 0 Å². The van der Waals surface area contributed by atoms with Gasteiger partial charge in [0, 0.05) is 23.2 Å². The van der Waals surface area contributed by atoms with Crippen molar-refractivity contribution in [3.05, 3.63) is 0 Å². The van der Waals surface area contributed by atoms with Crippen molar-refractivity contribution < 1.29 is 14.6 Å². The van der Waals surface area contributed by atoms with Gasteiger partial charge >= 0.3 is 5.97 Å². The van der Waals surface area contributed by atoms with Crippen molar-refractivity contribution in [2.24, 2.45) is 5.73 Å². The van der Waals surface area contributed by atoms with Crippen LogP contribution in [-0.4, -0.2) is 40.3 Å². The van der Waals surface area contributed by atoms with Gasteiger partial charge in [0.05, 0.1) is 0 Å². The van der Waals surface area contributed by atoms with Crippen LogP contribution in [0.25, 0.3) is 0 Å². The molecule has 1 fully saturated rings. The summed E-state index contributed by atoms with van der Waals surface area (Å²) in [6.07, 6.45) is 1.97. The second kappa shape index (κ2) is 5.18. The Morgan fingerprint density at radius 3 is 2.53 bits per heavy atom. The number of hydrogen-bond donors (Lipinski definition) is 2. The van der Waals surface area contributed by atoms with Crippen molar-refractivity contribution in [1.29, 1.82) is 0 Å². The fourth-order valence-corrected chi connectivity index (χ4v) is 3.13. The predicted octanol–water partition coefficient (Wildman–Crippen LogP) is 1.09. The van der Waals surface area contributed by atoms with Crippen LogP contribution in [-0.2, 0) is 9.53 Å². The Labute approximate surface area is 94.6 Å². The van der Waals surface area contributed by atoms with Gasteiger partial charge in [-0.1, -0.05) is 0 Å². The number of hydrogen-bond acceptors (Lipinski definition) is 4. The molecule has 0 aromatic carbocycles. The molecule has 1 aliphatic heterocycles. The fraction of sp³-hybridized carbons (Fsp3) is 0.900. The van der Waals surface area contributed by atoms with Gasteiger partial charge in [0.1, 0.15) is 6.04 Å². The summed E-state index contributed by atoms with van der Waals surface area (Å²) in [5, 5.41) is 9.36. The third-order valence-corrected chi connectivity index (χ3v) is 4.32. The highest BCUT2D eigenvalue weighted by Crippen LogP contribution is 2.35. The van der Waals surface area contributed by atoms with Crippen molar-refractivity contribution >= 4 is 17.7 Å². The van der Waals surface area contributed by atoms with Gasteiger partial charge in [-0.2, -0.15) is 0 Å². The molecule has 88 valence electrons. The minimum Gasteiger partial charge on any atom is -0.480 e.